The summed E-state index contributed by atoms with van der Waals surface area (Å²) in [7, 11) is 0. The van der Waals surface area contributed by atoms with Crippen molar-refractivity contribution in [3.63, 3.8) is 0 Å². The van der Waals surface area contributed by atoms with Crippen LogP contribution in [0.5, 0.6) is 5.75 Å². The van der Waals surface area contributed by atoms with Crippen LogP contribution in [0.1, 0.15) is 51.7 Å². The van der Waals surface area contributed by atoms with Crippen LogP contribution in [0.15, 0.2) is 30.4 Å². The standard InChI is InChI=1S/C18H28O/c1-5-8-9-15(4)13-17-10-11-18(19-12-6-2)14-16(17)7-3/h8-11,14-15H,5-7,12-13H2,1-4H3/b9-8-. The van der Waals surface area contributed by atoms with Gasteiger partial charge >= 0.3 is 0 Å². The Hall–Kier alpha value is -1.24. The number of allylic oxidation sites excluding steroid dienone is 2. The Kier molecular flexibility index (Phi) is 7.32. The molecule has 0 saturated carbocycles. The first-order valence-corrected chi connectivity index (χ1v) is 7.62. The first-order valence-electron chi connectivity index (χ1n) is 7.62. The molecule has 0 N–H and O–H groups in total. The van der Waals surface area contributed by atoms with Gasteiger partial charge in [-0.05, 0) is 54.9 Å². The minimum Gasteiger partial charge on any atom is -0.494 e. The molecule has 0 aromatic heterocycles. The molecule has 0 spiro atoms. The van der Waals surface area contributed by atoms with Gasteiger partial charge in [0.1, 0.15) is 5.75 Å². The van der Waals surface area contributed by atoms with Gasteiger partial charge in [0, 0.05) is 0 Å². The maximum Gasteiger partial charge on any atom is 0.119 e. The summed E-state index contributed by atoms with van der Waals surface area (Å²) in [4.78, 5) is 0. The highest BCUT2D eigenvalue weighted by Crippen LogP contribution is 2.22. The van der Waals surface area contributed by atoms with Gasteiger partial charge in [-0.25, -0.2) is 0 Å². The van der Waals surface area contributed by atoms with Gasteiger partial charge in [-0.1, -0.05) is 45.9 Å². The fourth-order valence-corrected chi connectivity index (χ4v) is 2.22. The number of hydrogen-bond acceptors (Lipinski definition) is 1. The lowest BCUT2D eigenvalue weighted by Gasteiger charge is -2.13. The van der Waals surface area contributed by atoms with E-state index in [1.807, 2.05) is 0 Å². The van der Waals surface area contributed by atoms with E-state index in [9.17, 15) is 0 Å². The van der Waals surface area contributed by atoms with E-state index in [1.165, 1.54) is 11.1 Å². The highest BCUT2D eigenvalue weighted by atomic mass is 16.5. The number of rotatable bonds is 8. The quantitative estimate of drug-likeness (QED) is 0.585. The summed E-state index contributed by atoms with van der Waals surface area (Å²) in [6, 6.07) is 6.56. The third kappa shape index (κ3) is 5.50. The monoisotopic (exact) mass is 260 g/mol. The van der Waals surface area contributed by atoms with Crippen molar-refractivity contribution in [1.82, 2.24) is 0 Å². The molecule has 0 aliphatic rings. The highest BCUT2D eigenvalue weighted by molar-refractivity contribution is 5.36. The van der Waals surface area contributed by atoms with Crippen LogP contribution >= 0.6 is 0 Å². The molecule has 0 saturated heterocycles. The molecule has 1 nitrogen and oxygen atoms in total. The topological polar surface area (TPSA) is 9.23 Å². The van der Waals surface area contributed by atoms with Crippen LogP contribution in [-0.4, -0.2) is 6.61 Å². The van der Waals surface area contributed by atoms with Crippen molar-refractivity contribution in [3.05, 3.63) is 41.5 Å². The van der Waals surface area contributed by atoms with Crippen molar-refractivity contribution in [1.29, 1.82) is 0 Å². The fourth-order valence-electron chi connectivity index (χ4n) is 2.22. The van der Waals surface area contributed by atoms with Gasteiger partial charge in [-0.2, -0.15) is 0 Å². The molecule has 19 heavy (non-hydrogen) atoms. The molecule has 1 aromatic carbocycles. The highest BCUT2D eigenvalue weighted by Gasteiger charge is 2.06. The molecule has 1 rings (SSSR count). The molecule has 0 fully saturated rings. The van der Waals surface area contributed by atoms with Crippen LogP contribution < -0.4 is 4.74 Å². The summed E-state index contributed by atoms with van der Waals surface area (Å²) in [5.41, 5.74) is 2.88. The Balaban J connectivity index is 2.75. The number of aryl methyl sites for hydroxylation is 1. The summed E-state index contributed by atoms with van der Waals surface area (Å²) in [6.45, 7) is 9.62. The zero-order valence-electron chi connectivity index (χ0n) is 12.9. The molecule has 1 unspecified atom stereocenters. The zero-order valence-corrected chi connectivity index (χ0v) is 12.9. The van der Waals surface area contributed by atoms with Crippen molar-refractivity contribution >= 4 is 0 Å². The van der Waals surface area contributed by atoms with Gasteiger partial charge in [0.2, 0.25) is 0 Å². The summed E-state index contributed by atoms with van der Waals surface area (Å²) in [5, 5.41) is 0. The third-order valence-electron chi connectivity index (χ3n) is 3.27. The lowest BCUT2D eigenvalue weighted by Crippen LogP contribution is -2.02. The Labute approximate surface area is 118 Å². The zero-order chi connectivity index (χ0) is 14.1. The van der Waals surface area contributed by atoms with Crippen LogP contribution in [0.3, 0.4) is 0 Å². The van der Waals surface area contributed by atoms with E-state index in [2.05, 4.69) is 58.0 Å². The second-order valence-electron chi connectivity index (χ2n) is 5.15. The van der Waals surface area contributed by atoms with E-state index < -0.39 is 0 Å². The number of ether oxygens (including phenoxy) is 1. The van der Waals surface area contributed by atoms with Gasteiger partial charge in [0.05, 0.1) is 6.61 Å². The molecule has 0 amide bonds. The molecule has 0 aliphatic carbocycles. The van der Waals surface area contributed by atoms with Crippen molar-refractivity contribution in [2.45, 2.75) is 53.4 Å². The molecular weight excluding hydrogens is 232 g/mol. The first-order chi connectivity index (χ1) is 9.21. The van der Waals surface area contributed by atoms with Crippen molar-refractivity contribution in [3.8, 4) is 5.75 Å². The SMILES string of the molecule is CC/C=C\C(C)Cc1ccc(OCCC)cc1CC. The Morgan fingerprint density at radius 1 is 1.16 bits per heavy atom. The summed E-state index contributed by atoms with van der Waals surface area (Å²) < 4.78 is 5.71. The predicted molar refractivity (Wildman–Crippen MR) is 83.9 cm³/mol. The smallest absolute Gasteiger partial charge is 0.119 e. The van der Waals surface area contributed by atoms with E-state index in [4.69, 9.17) is 4.74 Å². The normalized spacial score (nSPS) is 12.8. The molecule has 106 valence electrons. The molecule has 1 atom stereocenters. The summed E-state index contributed by atoms with van der Waals surface area (Å²) in [5.74, 6) is 1.62. The molecule has 1 heteroatoms. The van der Waals surface area contributed by atoms with Crippen LogP contribution in [0.4, 0.5) is 0 Å². The van der Waals surface area contributed by atoms with Crippen LogP contribution in [0.25, 0.3) is 0 Å². The van der Waals surface area contributed by atoms with Crippen molar-refractivity contribution in [2.24, 2.45) is 5.92 Å². The Morgan fingerprint density at radius 3 is 2.58 bits per heavy atom. The molecule has 0 bridgehead atoms. The maximum absolute atomic E-state index is 5.71. The average Bonchev–Trinajstić information content (AvgIpc) is 2.43. The minimum absolute atomic E-state index is 0.604. The van der Waals surface area contributed by atoms with E-state index in [0.717, 1.165) is 38.0 Å². The molecule has 0 aliphatic heterocycles. The first kappa shape index (κ1) is 15.8. The van der Waals surface area contributed by atoms with Crippen molar-refractivity contribution in [2.75, 3.05) is 6.61 Å². The Bertz CT molecular complexity index is 393. The van der Waals surface area contributed by atoms with Gasteiger partial charge in [0.25, 0.3) is 0 Å². The second kappa shape index (κ2) is 8.79. The van der Waals surface area contributed by atoms with E-state index in [1.54, 1.807) is 0 Å². The molecular formula is C18H28O. The number of hydrogen-bond donors (Lipinski definition) is 0. The predicted octanol–water partition coefficient (Wildman–Crippen LogP) is 5.18. The molecule has 0 radical (unpaired) electrons. The summed E-state index contributed by atoms with van der Waals surface area (Å²) in [6.07, 6.45) is 8.95. The van der Waals surface area contributed by atoms with Gasteiger partial charge < -0.3 is 4.74 Å². The minimum atomic E-state index is 0.604. The van der Waals surface area contributed by atoms with Gasteiger partial charge in [-0.3, -0.25) is 0 Å². The van der Waals surface area contributed by atoms with Crippen LogP contribution in [0, 0.1) is 5.92 Å². The third-order valence-corrected chi connectivity index (χ3v) is 3.27. The lowest BCUT2D eigenvalue weighted by molar-refractivity contribution is 0.317. The lowest BCUT2D eigenvalue weighted by atomic mass is 9.95. The summed E-state index contributed by atoms with van der Waals surface area (Å²) >= 11 is 0. The van der Waals surface area contributed by atoms with Gasteiger partial charge in [-0.15, -0.1) is 0 Å². The van der Waals surface area contributed by atoms with E-state index >= 15 is 0 Å². The van der Waals surface area contributed by atoms with Crippen LogP contribution in [-0.2, 0) is 12.8 Å². The fraction of sp³-hybridized carbons (Fsp3) is 0.556. The van der Waals surface area contributed by atoms with E-state index in [0.29, 0.717) is 5.92 Å². The van der Waals surface area contributed by atoms with Crippen molar-refractivity contribution < 1.29 is 4.74 Å². The largest absolute Gasteiger partial charge is 0.494 e. The second-order valence-corrected chi connectivity index (χ2v) is 5.15. The van der Waals surface area contributed by atoms with Gasteiger partial charge in [0.15, 0.2) is 0 Å². The Morgan fingerprint density at radius 2 is 1.95 bits per heavy atom. The number of benzene rings is 1. The maximum atomic E-state index is 5.71. The van der Waals surface area contributed by atoms with Crippen LogP contribution in [0.2, 0.25) is 0 Å². The average molecular weight is 260 g/mol. The molecule has 1 aromatic rings. The molecule has 0 heterocycles. The van der Waals surface area contributed by atoms with E-state index in [-0.39, 0.29) is 0 Å².